The number of allylic oxidation sites excluding steroid dienone is 1. The number of anilines is 1. The van der Waals surface area contributed by atoms with Crippen molar-refractivity contribution in [2.24, 2.45) is 0 Å². The summed E-state index contributed by atoms with van der Waals surface area (Å²) in [6.45, 7) is 8.79. The fourth-order valence-corrected chi connectivity index (χ4v) is 3.74. The first-order chi connectivity index (χ1) is 14.3. The normalized spacial score (nSPS) is 10.6. The number of nitrogens with two attached hydrogens (primary N) is 1. The van der Waals surface area contributed by atoms with E-state index in [4.69, 9.17) is 19.9 Å². The van der Waals surface area contributed by atoms with Crippen LogP contribution in [-0.4, -0.2) is 35.1 Å². The number of fused-ring (bicyclic) bond motifs is 1. The van der Waals surface area contributed by atoms with Crippen LogP contribution in [0.25, 0.3) is 21.5 Å². The van der Waals surface area contributed by atoms with Gasteiger partial charge in [0.05, 0.1) is 18.1 Å². The molecule has 0 radical (unpaired) electrons. The first-order valence-electron chi connectivity index (χ1n) is 9.12. The number of ether oxygens (including phenoxy) is 3. The zero-order valence-corrected chi connectivity index (χ0v) is 17.7. The lowest BCUT2D eigenvalue weighted by atomic mass is 10.0. The fraction of sp³-hybridized carbons (Fsp3) is 0.238. The third kappa shape index (κ3) is 4.74. The highest BCUT2D eigenvalue weighted by Crippen LogP contribution is 2.35. The highest BCUT2D eigenvalue weighted by atomic mass is 32.1. The molecular formula is C21H21N3O5S. The van der Waals surface area contributed by atoms with Crippen LogP contribution in [0.2, 0.25) is 0 Å². The molecule has 2 aromatic heterocycles. The molecule has 0 aliphatic heterocycles. The quantitative estimate of drug-likeness (QED) is 0.446. The van der Waals surface area contributed by atoms with E-state index in [-0.39, 0.29) is 19.2 Å². The highest BCUT2D eigenvalue weighted by Gasteiger charge is 2.18. The van der Waals surface area contributed by atoms with Crippen LogP contribution in [0.5, 0.6) is 5.75 Å². The Morgan fingerprint density at radius 3 is 2.67 bits per heavy atom. The van der Waals surface area contributed by atoms with E-state index in [0.29, 0.717) is 32.3 Å². The maximum Gasteiger partial charge on any atom is 0.349 e. The van der Waals surface area contributed by atoms with Crippen molar-refractivity contribution < 1.29 is 23.8 Å². The highest BCUT2D eigenvalue weighted by molar-refractivity contribution is 7.20. The van der Waals surface area contributed by atoms with Gasteiger partial charge in [-0.3, -0.25) is 0 Å². The molecule has 30 heavy (non-hydrogen) atoms. The summed E-state index contributed by atoms with van der Waals surface area (Å²) >= 11 is 1.20. The Labute approximate surface area is 177 Å². The van der Waals surface area contributed by atoms with E-state index < -0.39 is 11.9 Å². The van der Waals surface area contributed by atoms with Gasteiger partial charge in [-0.05, 0) is 50.6 Å². The number of nitrogens with zero attached hydrogens (tertiary/aromatic N) is 2. The van der Waals surface area contributed by atoms with Gasteiger partial charge in [-0.2, -0.15) is 0 Å². The molecule has 0 atom stereocenters. The van der Waals surface area contributed by atoms with Crippen molar-refractivity contribution in [2.75, 3.05) is 18.9 Å². The summed E-state index contributed by atoms with van der Waals surface area (Å²) in [6.07, 6.45) is 0. The number of carbonyl (C=O) groups excluding carboxylic acids is 2. The van der Waals surface area contributed by atoms with Crippen LogP contribution >= 0.6 is 11.3 Å². The molecule has 0 fully saturated rings. The van der Waals surface area contributed by atoms with Crippen LogP contribution in [0, 0.1) is 6.92 Å². The van der Waals surface area contributed by atoms with Gasteiger partial charge in [0.25, 0.3) is 0 Å². The van der Waals surface area contributed by atoms with Crippen LogP contribution in [0.3, 0.4) is 0 Å². The number of thiophene rings is 1. The third-order valence-corrected chi connectivity index (χ3v) is 4.99. The maximum absolute atomic E-state index is 12.1. The van der Waals surface area contributed by atoms with Crippen LogP contribution in [-0.2, 0) is 14.3 Å². The van der Waals surface area contributed by atoms with Gasteiger partial charge in [-0.15, -0.1) is 11.3 Å². The van der Waals surface area contributed by atoms with Gasteiger partial charge in [0.15, 0.2) is 6.61 Å². The minimum Gasteiger partial charge on any atom is -0.482 e. The molecule has 2 heterocycles. The molecule has 1 aromatic carbocycles. The van der Waals surface area contributed by atoms with Crippen LogP contribution in [0.15, 0.2) is 36.6 Å². The van der Waals surface area contributed by atoms with Crippen LogP contribution in [0.4, 0.5) is 5.95 Å². The van der Waals surface area contributed by atoms with Gasteiger partial charge in [0.1, 0.15) is 15.5 Å². The average Bonchev–Trinajstić information content (AvgIpc) is 3.10. The number of benzene rings is 1. The monoisotopic (exact) mass is 427 g/mol. The lowest BCUT2D eigenvalue weighted by molar-refractivity contribution is -0.141. The first kappa shape index (κ1) is 21.3. The second-order valence-corrected chi connectivity index (χ2v) is 7.45. The van der Waals surface area contributed by atoms with E-state index in [9.17, 15) is 9.59 Å². The van der Waals surface area contributed by atoms with Crippen molar-refractivity contribution >= 4 is 39.4 Å². The number of carbonyl (C=O) groups is 2. The predicted molar refractivity (Wildman–Crippen MR) is 114 cm³/mol. The molecule has 0 aliphatic carbocycles. The molecule has 8 nitrogen and oxygen atoms in total. The Morgan fingerprint density at radius 2 is 2.00 bits per heavy atom. The minimum absolute atomic E-state index is 0.108. The lowest BCUT2D eigenvalue weighted by Crippen LogP contribution is -2.13. The van der Waals surface area contributed by atoms with E-state index in [2.05, 4.69) is 16.5 Å². The number of nitrogen functional groups attached to an aromatic ring is 1. The molecular weight excluding hydrogens is 406 g/mol. The van der Waals surface area contributed by atoms with E-state index in [1.807, 2.05) is 13.0 Å². The maximum atomic E-state index is 12.1. The Morgan fingerprint density at radius 1 is 1.23 bits per heavy atom. The third-order valence-electron chi connectivity index (χ3n) is 3.98. The molecule has 3 rings (SSSR count). The van der Waals surface area contributed by atoms with Crippen LogP contribution < -0.4 is 10.5 Å². The molecule has 9 heteroatoms. The molecule has 0 amide bonds. The van der Waals surface area contributed by atoms with Gasteiger partial charge in [-0.1, -0.05) is 6.58 Å². The number of aromatic nitrogens is 2. The first-order valence-corrected chi connectivity index (χ1v) is 9.94. The standard InChI is InChI=1S/C21H21N3O5S/c1-5-27-20(26)16-9-15-18(23-21(22)24-19(15)30-16)14-7-6-13(8-12(14)4)28-10-17(25)29-11(2)3/h6-9H,2,5,10H2,1,3-4H3,(H2,22,23,24). The average molecular weight is 427 g/mol. The molecule has 0 saturated heterocycles. The zero-order valence-electron chi connectivity index (χ0n) is 16.9. The largest absolute Gasteiger partial charge is 0.482 e. The van der Waals surface area contributed by atoms with Gasteiger partial charge in [0, 0.05) is 10.9 Å². The summed E-state index contributed by atoms with van der Waals surface area (Å²) in [7, 11) is 0. The molecule has 0 saturated carbocycles. The SMILES string of the molecule is C=C(C)OC(=O)COc1ccc(-c2nc(N)nc3sc(C(=O)OCC)cc23)c(C)c1. The van der Waals surface area contributed by atoms with Gasteiger partial charge >= 0.3 is 11.9 Å². The van der Waals surface area contributed by atoms with Crippen molar-refractivity contribution in [1.82, 2.24) is 9.97 Å². The van der Waals surface area contributed by atoms with Crippen molar-refractivity contribution in [1.29, 1.82) is 0 Å². The summed E-state index contributed by atoms with van der Waals surface area (Å²) in [5.41, 5.74) is 8.15. The molecule has 0 bridgehead atoms. The molecule has 156 valence electrons. The van der Waals surface area contributed by atoms with Crippen molar-refractivity contribution in [3.63, 3.8) is 0 Å². The Kier molecular flexibility index (Phi) is 6.31. The smallest absolute Gasteiger partial charge is 0.349 e. The Balaban J connectivity index is 1.92. The second kappa shape index (κ2) is 8.91. The predicted octanol–water partition coefficient (Wildman–Crippen LogP) is 3.88. The van der Waals surface area contributed by atoms with E-state index >= 15 is 0 Å². The number of esters is 2. The number of rotatable bonds is 7. The fourth-order valence-electron chi connectivity index (χ4n) is 2.80. The second-order valence-electron chi connectivity index (χ2n) is 6.42. The Bertz CT molecular complexity index is 1140. The Hall–Kier alpha value is -3.46. The molecule has 3 aromatic rings. The zero-order chi connectivity index (χ0) is 21.8. The van der Waals surface area contributed by atoms with Crippen LogP contribution in [0.1, 0.15) is 29.1 Å². The topological polar surface area (TPSA) is 114 Å². The van der Waals surface area contributed by atoms with Gasteiger partial charge < -0.3 is 19.9 Å². The van der Waals surface area contributed by atoms with E-state index in [0.717, 1.165) is 11.1 Å². The number of hydrogen-bond acceptors (Lipinski definition) is 9. The van der Waals surface area contributed by atoms with E-state index in [1.54, 1.807) is 32.0 Å². The minimum atomic E-state index is -0.528. The van der Waals surface area contributed by atoms with Crippen molar-refractivity contribution in [3.8, 4) is 17.0 Å². The summed E-state index contributed by atoms with van der Waals surface area (Å²) in [4.78, 5) is 33.4. The number of aryl methyl sites for hydroxylation is 1. The van der Waals surface area contributed by atoms with E-state index in [1.165, 1.54) is 11.3 Å². The molecule has 0 spiro atoms. The van der Waals surface area contributed by atoms with Crippen molar-refractivity contribution in [2.45, 2.75) is 20.8 Å². The number of hydrogen-bond donors (Lipinski definition) is 1. The lowest BCUT2D eigenvalue weighted by Gasteiger charge is -2.11. The summed E-state index contributed by atoms with van der Waals surface area (Å²) in [5, 5.41) is 0.707. The summed E-state index contributed by atoms with van der Waals surface area (Å²) < 4.78 is 15.4. The molecule has 0 aliphatic rings. The molecule has 2 N–H and O–H groups in total. The van der Waals surface area contributed by atoms with Gasteiger partial charge in [-0.25, -0.2) is 19.6 Å². The summed E-state index contributed by atoms with van der Waals surface area (Å²) in [5.74, 6) is -0.0207. The van der Waals surface area contributed by atoms with Crippen molar-refractivity contribution in [3.05, 3.63) is 47.0 Å². The summed E-state index contributed by atoms with van der Waals surface area (Å²) in [6, 6.07) is 7.03. The van der Waals surface area contributed by atoms with Gasteiger partial charge in [0.2, 0.25) is 5.95 Å². The molecule has 0 unspecified atom stereocenters.